The van der Waals surface area contributed by atoms with Gasteiger partial charge >= 0.3 is 0 Å². The number of nitrogens with one attached hydrogen (secondary N) is 1. The van der Waals surface area contributed by atoms with E-state index in [9.17, 15) is 0 Å². The van der Waals surface area contributed by atoms with Crippen LogP contribution in [0.1, 0.15) is 32.0 Å². The summed E-state index contributed by atoms with van der Waals surface area (Å²) in [6.07, 6.45) is 1.00. The molecule has 1 aromatic heterocycles. The van der Waals surface area contributed by atoms with Crippen molar-refractivity contribution < 1.29 is 0 Å². The average molecular weight is 184 g/mol. The second-order valence-corrected chi connectivity index (χ2v) is 3.08. The van der Waals surface area contributed by atoms with E-state index in [0.29, 0.717) is 16.6 Å². The molecule has 12 heavy (non-hydrogen) atoms. The molecule has 0 spiro atoms. The lowest BCUT2D eigenvalue weighted by molar-refractivity contribution is 0.671. The Hall–Kier alpha value is -0.970. The number of hydrogen-bond donors (Lipinski definition) is 2. The van der Waals surface area contributed by atoms with Crippen LogP contribution in [0.15, 0.2) is 0 Å². The molecule has 0 saturated carbocycles. The van der Waals surface area contributed by atoms with Gasteiger partial charge in [-0.25, -0.2) is 4.98 Å². The van der Waals surface area contributed by atoms with Crippen LogP contribution in [-0.4, -0.2) is 15.0 Å². The molecule has 66 valence electrons. The summed E-state index contributed by atoms with van der Waals surface area (Å²) in [6.45, 7) is 4.15. The Morgan fingerprint density at radius 3 is 2.75 bits per heavy atom. The predicted octanol–water partition coefficient (Wildman–Crippen LogP) is 1.63. The minimum Gasteiger partial charge on any atom is -0.369 e. The normalized spacial score (nSPS) is 12.8. The van der Waals surface area contributed by atoms with Crippen LogP contribution in [0, 0.1) is 4.77 Å². The fraction of sp³-hybridized carbons (Fsp3) is 0.571. The van der Waals surface area contributed by atoms with Crippen molar-refractivity contribution in [3.05, 3.63) is 10.6 Å². The minimum absolute atomic E-state index is 0.307. The zero-order chi connectivity index (χ0) is 9.14. The molecule has 0 aromatic carbocycles. The van der Waals surface area contributed by atoms with E-state index >= 15 is 0 Å². The first-order valence-electron chi connectivity index (χ1n) is 3.87. The molecule has 0 radical (unpaired) electrons. The molecule has 0 fully saturated rings. The van der Waals surface area contributed by atoms with Gasteiger partial charge in [-0.2, -0.15) is 4.98 Å². The molecule has 1 atom stereocenters. The van der Waals surface area contributed by atoms with Gasteiger partial charge in [-0.1, -0.05) is 13.8 Å². The van der Waals surface area contributed by atoms with Gasteiger partial charge in [0.1, 0.15) is 5.82 Å². The van der Waals surface area contributed by atoms with Crippen LogP contribution in [0.3, 0.4) is 0 Å². The van der Waals surface area contributed by atoms with Crippen LogP contribution in [0.5, 0.6) is 0 Å². The average Bonchev–Trinajstić information content (AvgIpc) is 2.01. The molecule has 5 heteroatoms. The van der Waals surface area contributed by atoms with E-state index in [2.05, 4.69) is 28.8 Å². The Morgan fingerprint density at radius 1 is 1.58 bits per heavy atom. The number of nitrogen functional groups attached to an aromatic ring is 1. The summed E-state index contributed by atoms with van der Waals surface area (Å²) in [7, 11) is 0. The fourth-order valence-electron chi connectivity index (χ4n) is 0.845. The van der Waals surface area contributed by atoms with Gasteiger partial charge < -0.3 is 10.7 Å². The van der Waals surface area contributed by atoms with Gasteiger partial charge in [0.25, 0.3) is 0 Å². The zero-order valence-electron chi connectivity index (χ0n) is 7.16. The lowest BCUT2D eigenvalue weighted by Gasteiger charge is -2.07. The molecule has 0 amide bonds. The summed E-state index contributed by atoms with van der Waals surface area (Å²) in [5, 5.41) is 0. The molecular weight excluding hydrogens is 172 g/mol. The first kappa shape index (κ1) is 9.12. The van der Waals surface area contributed by atoms with Crippen LogP contribution >= 0.6 is 12.2 Å². The number of aromatic amines is 1. The van der Waals surface area contributed by atoms with Crippen LogP contribution in [0.4, 0.5) is 5.95 Å². The molecule has 1 heterocycles. The largest absolute Gasteiger partial charge is 0.369 e. The Morgan fingerprint density at radius 2 is 2.25 bits per heavy atom. The standard InChI is InChI=1S/C7H12N4S/c1-3-4(2)5-9-6(8)11-7(12)10-5/h4H,3H2,1-2H3,(H3,8,9,10,11,12). The highest BCUT2D eigenvalue weighted by Crippen LogP contribution is 2.13. The van der Waals surface area contributed by atoms with Gasteiger partial charge in [-0.05, 0) is 18.6 Å². The van der Waals surface area contributed by atoms with E-state index in [0.717, 1.165) is 12.2 Å². The fourth-order valence-corrected chi connectivity index (χ4v) is 1.04. The molecule has 0 aliphatic heterocycles. The van der Waals surface area contributed by atoms with E-state index in [1.807, 2.05) is 0 Å². The molecule has 3 N–H and O–H groups in total. The highest BCUT2D eigenvalue weighted by Gasteiger charge is 2.05. The van der Waals surface area contributed by atoms with Crippen molar-refractivity contribution in [1.82, 2.24) is 15.0 Å². The van der Waals surface area contributed by atoms with Crippen molar-refractivity contribution in [1.29, 1.82) is 0 Å². The van der Waals surface area contributed by atoms with Crippen molar-refractivity contribution in [2.75, 3.05) is 5.73 Å². The maximum Gasteiger partial charge on any atom is 0.224 e. The topological polar surface area (TPSA) is 67.6 Å². The van der Waals surface area contributed by atoms with Gasteiger partial charge in [0, 0.05) is 5.92 Å². The number of nitrogens with zero attached hydrogens (tertiary/aromatic N) is 2. The summed E-state index contributed by atoms with van der Waals surface area (Å²) < 4.78 is 0.307. The third-order valence-electron chi connectivity index (χ3n) is 1.77. The maximum absolute atomic E-state index is 5.48. The predicted molar refractivity (Wildman–Crippen MR) is 50.3 cm³/mol. The molecule has 1 rings (SSSR count). The number of aromatic nitrogens is 3. The van der Waals surface area contributed by atoms with E-state index in [1.54, 1.807) is 0 Å². The van der Waals surface area contributed by atoms with Gasteiger partial charge in [0.05, 0.1) is 0 Å². The van der Waals surface area contributed by atoms with Crippen molar-refractivity contribution in [2.24, 2.45) is 0 Å². The molecule has 0 aliphatic carbocycles. The number of anilines is 1. The monoisotopic (exact) mass is 184 g/mol. The quantitative estimate of drug-likeness (QED) is 0.685. The van der Waals surface area contributed by atoms with Gasteiger partial charge in [-0.3, -0.25) is 0 Å². The van der Waals surface area contributed by atoms with Crippen LogP contribution in [-0.2, 0) is 0 Å². The Bertz CT molecular complexity index is 319. The highest BCUT2D eigenvalue weighted by molar-refractivity contribution is 7.71. The van der Waals surface area contributed by atoms with Crippen molar-refractivity contribution in [3.63, 3.8) is 0 Å². The minimum atomic E-state index is 0.307. The number of rotatable bonds is 2. The summed E-state index contributed by atoms with van der Waals surface area (Å²) >= 11 is 4.83. The summed E-state index contributed by atoms with van der Waals surface area (Å²) in [5.41, 5.74) is 5.48. The smallest absolute Gasteiger partial charge is 0.224 e. The van der Waals surface area contributed by atoms with E-state index in [-0.39, 0.29) is 0 Å². The Balaban J connectivity index is 3.08. The molecular formula is C7H12N4S. The number of nitrogens with two attached hydrogens (primary N) is 1. The van der Waals surface area contributed by atoms with Crippen LogP contribution in [0.25, 0.3) is 0 Å². The molecule has 0 bridgehead atoms. The molecule has 0 aliphatic rings. The van der Waals surface area contributed by atoms with E-state index in [1.165, 1.54) is 0 Å². The van der Waals surface area contributed by atoms with E-state index < -0.39 is 0 Å². The number of hydrogen-bond acceptors (Lipinski definition) is 4. The summed E-state index contributed by atoms with van der Waals surface area (Å²) in [6, 6.07) is 0. The lowest BCUT2D eigenvalue weighted by Crippen LogP contribution is -2.05. The van der Waals surface area contributed by atoms with Gasteiger partial charge in [0.2, 0.25) is 10.7 Å². The number of H-pyrrole nitrogens is 1. The van der Waals surface area contributed by atoms with Gasteiger partial charge in [0.15, 0.2) is 0 Å². The van der Waals surface area contributed by atoms with Crippen LogP contribution in [0.2, 0.25) is 0 Å². The van der Waals surface area contributed by atoms with Crippen molar-refractivity contribution in [2.45, 2.75) is 26.2 Å². The Labute approximate surface area is 76.2 Å². The highest BCUT2D eigenvalue weighted by atomic mass is 32.1. The van der Waals surface area contributed by atoms with Crippen molar-refractivity contribution in [3.8, 4) is 0 Å². The van der Waals surface area contributed by atoms with E-state index in [4.69, 9.17) is 18.0 Å². The molecule has 4 nitrogen and oxygen atoms in total. The first-order valence-corrected chi connectivity index (χ1v) is 4.28. The Kier molecular flexibility index (Phi) is 2.75. The maximum atomic E-state index is 5.48. The molecule has 1 aromatic rings. The SMILES string of the molecule is CCC(C)c1nc(=S)nc(N)[nH]1. The first-order chi connectivity index (χ1) is 5.63. The van der Waals surface area contributed by atoms with Crippen molar-refractivity contribution >= 4 is 18.2 Å². The summed E-state index contributed by atoms with van der Waals surface area (Å²) in [5.74, 6) is 1.50. The molecule has 0 saturated heterocycles. The zero-order valence-corrected chi connectivity index (χ0v) is 7.98. The lowest BCUT2D eigenvalue weighted by atomic mass is 10.1. The third kappa shape index (κ3) is 2.01. The summed E-state index contributed by atoms with van der Waals surface area (Å²) in [4.78, 5) is 10.7. The van der Waals surface area contributed by atoms with Crippen LogP contribution < -0.4 is 5.73 Å². The second kappa shape index (κ2) is 3.62. The second-order valence-electron chi connectivity index (χ2n) is 2.71. The molecule has 1 unspecified atom stereocenters. The third-order valence-corrected chi connectivity index (χ3v) is 1.95. The van der Waals surface area contributed by atoms with Gasteiger partial charge in [-0.15, -0.1) is 0 Å².